The number of nitrogens with one attached hydrogen (secondary N) is 1. The number of nitrogens with zero attached hydrogens (tertiary/aromatic N) is 4. The zero-order valence-corrected chi connectivity index (χ0v) is 21.9. The van der Waals surface area contributed by atoms with Crippen molar-refractivity contribution >= 4 is 38.6 Å². The lowest BCUT2D eigenvalue weighted by atomic mass is 9.91. The summed E-state index contributed by atoms with van der Waals surface area (Å²) >= 11 is -0.955. The van der Waals surface area contributed by atoms with Gasteiger partial charge in [0.05, 0.1) is 13.2 Å². The number of hydrogen-bond acceptors (Lipinski definition) is 10. The number of aliphatic hydroxyl groups excluding tert-OH is 2. The molecule has 36 heavy (non-hydrogen) atoms. The lowest BCUT2D eigenvalue weighted by Gasteiger charge is -2.25. The van der Waals surface area contributed by atoms with Crippen LogP contribution in [0.4, 0.5) is 17.3 Å². The number of anilines is 2. The molecule has 4 atom stereocenters. The summed E-state index contributed by atoms with van der Waals surface area (Å²) in [5.74, 6) is 1.71. The van der Waals surface area contributed by atoms with Gasteiger partial charge in [0.15, 0.2) is 23.6 Å². The van der Waals surface area contributed by atoms with Crippen molar-refractivity contribution in [2.75, 3.05) is 28.7 Å². The highest BCUT2D eigenvalue weighted by Crippen LogP contribution is 2.48. The number of ether oxygens (including phenoxy) is 2. The fourth-order valence-electron chi connectivity index (χ4n) is 4.42. The van der Waals surface area contributed by atoms with Crippen LogP contribution in [0.3, 0.4) is 0 Å². The Morgan fingerprint density at radius 3 is 2.33 bits per heavy atom. The van der Waals surface area contributed by atoms with Crippen LogP contribution in [0.1, 0.15) is 22.9 Å². The average molecular weight is 604 g/mol. The molecule has 1 aromatic heterocycles. The molecule has 190 valence electrons. The molecular formula is C25H29IN6O4. The van der Waals surface area contributed by atoms with Crippen LogP contribution < -0.4 is 14.2 Å². The van der Waals surface area contributed by atoms with Crippen molar-refractivity contribution in [3.8, 4) is 0 Å². The average Bonchev–Trinajstić information content (AvgIpc) is 3.46. The van der Waals surface area contributed by atoms with Gasteiger partial charge in [0.1, 0.15) is 45.4 Å². The Hall–Kier alpha value is -2.55. The molecule has 0 spiro atoms. The first-order valence-corrected chi connectivity index (χ1v) is 13.6. The number of hydrogen-bond donors (Lipinski definition) is 4. The number of aliphatic hydroxyl groups is 2. The van der Waals surface area contributed by atoms with Gasteiger partial charge in [0, 0.05) is 19.6 Å². The minimum atomic E-state index is -1.11. The van der Waals surface area contributed by atoms with Crippen LogP contribution in [-0.2, 0) is 16.0 Å². The number of aromatic nitrogens is 2. The number of halogens is 1. The molecule has 0 unspecified atom stereocenters. The van der Waals surface area contributed by atoms with Crippen LogP contribution in [0.5, 0.6) is 0 Å². The molecule has 5 rings (SSSR count). The molecule has 0 amide bonds. The predicted octanol–water partition coefficient (Wildman–Crippen LogP) is 2.79. The second kappa shape index (κ2) is 11.2. The monoisotopic (exact) mass is 604 g/mol. The zero-order chi connectivity index (χ0) is 25.1. The highest BCUT2D eigenvalue weighted by atomic mass is 127. The summed E-state index contributed by atoms with van der Waals surface area (Å²) in [5.41, 5.74) is 8.93. The van der Waals surface area contributed by atoms with E-state index in [0.717, 1.165) is 0 Å². The second-order valence-electron chi connectivity index (χ2n) is 8.59. The van der Waals surface area contributed by atoms with Gasteiger partial charge in [-0.3, -0.25) is 3.11 Å². The van der Waals surface area contributed by atoms with Gasteiger partial charge >= 0.3 is 0 Å². The quantitative estimate of drug-likeness (QED) is 0.215. The summed E-state index contributed by atoms with van der Waals surface area (Å²) in [7, 11) is 1.53. The predicted molar refractivity (Wildman–Crippen MR) is 144 cm³/mol. The molecule has 1 fully saturated rings. The summed E-state index contributed by atoms with van der Waals surface area (Å²) < 4.78 is 17.7. The van der Waals surface area contributed by atoms with E-state index in [9.17, 15) is 10.2 Å². The van der Waals surface area contributed by atoms with Crippen LogP contribution in [0, 0.1) is 0 Å². The fourth-order valence-corrected chi connectivity index (χ4v) is 6.56. The van der Waals surface area contributed by atoms with Gasteiger partial charge < -0.3 is 30.7 Å². The smallest absolute Gasteiger partial charge is 0.172 e. The summed E-state index contributed by atoms with van der Waals surface area (Å²) in [4.78, 5) is 9.25. The van der Waals surface area contributed by atoms with Crippen molar-refractivity contribution in [2.45, 2.75) is 37.0 Å². The van der Waals surface area contributed by atoms with E-state index in [2.05, 4.69) is 39.6 Å². The van der Waals surface area contributed by atoms with Gasteiger partial charge in [-0.15, -0.1) is 0 Å². The Kier molecular flexibility index (Phi) is 7.84. The maximum absolute atomic E-state index is 10.7. The Morgan fingerprint density at radius 1 is 1.06 bits per heavy atom. The molecule has 0 aliphatic carbocycles. The van der Waals surface area contributed by atoms with Crippen molar-refractivity contribution < 1.29 is 19.7 Å². The van der Waals surface area contributed by atoms with Gasteiger partial charge in [-0.05, 0) is 11.1 Å². The van der Waals surface area contributed by atoms with Crippen molar-refractivity contribution in [3.05, 3.63) is 77.6 Å². The fraction of sp³-hybridized carbons (Fsp3) is 0.360. The van der Waals surface area contributed by atoms with Crippen LogP contribution in [-0.4, -0.2) is 65.0 Å². The van der Waals surface area contributed by atoms with Gasteiger partial charge in [-0.1, -0.05) is 60.7 Å². The highest BCUT2D eigenvalue weighted by Gasteiger charge is 2.47. The first-order chi connectivity index (χ1) is 17.6. The van der Waals surface area contributed by atoms with Gasteiger partial charge in [0.2, 0.25) is 0 Å². The molecule has 3 aromatic rings. The van der Waals surface area contributed by atoms with E-state index < -0.39 is 45.8 Å². The van der Waals surface area contributed by atoms with Crippen molar-refractivity contribution in [1.82, 2.24) is 9.97 Å². The largest absolute Gasteiger partial charge is 0.387 e. The molecule has 2 aliphatic rings. The lowest BCUT2D eigenvalue weighted by molar-refractivity contribution is -0.0293. The molecule has 11 heteroatoms. The molecule has 5 N–H and O–H groups in total. The maximum Gasteiger partial charge on any atom is 0.172 e. The van der Waals surface area contributed by atoms with E-state index in [1.165, 1.54) is 18.2 Å². The first-order valence-electron chi connectivity index (χ1n) is 11.7. The van der Waals surface area contributed by atoms with E-state index in [4.69, 9.17) is 18.4 Å². The van der Waals surface area contributed by atoms with E-state index in [1.54, 1.807) is 0 Å². The molecule has 10 nitrogen and oxygen atoms in total. The summed E-state index contributed by atoms with van der Waals surface area (Å²) in [6.07, 6.45) is -3.57. The minimum absolute atomic E-state index is 0.0940. The summed E-state index contributed by atoms with van der Waals surface area (Å²) in [6.45, 7) is 0.917. The molecule has 2 aliphatic heterocycles. The summed E-state index contributed by atoms with van der Waals surface area (Å²) in [6, 6.07) is 20.6. The third-order valence-electron chi connectivity index (χ3n) is 6.27. The molecule has 0 saturated carbocycles. The van der Waals surface area contributed by atoms with E-state index >= 15 is 0 Å². The summed E-state index contributed by atoms with van der Waals surface area (Å²) in [5, 5.41) is 24.6. The van der Waals surface area contributed by atoms with Crippen LogP contribution >= 0.6 is 21.3 Å². The number of fused-ring (bicyclic) bond motifs is 1. The Morgan fingerprint density at radius 2 is 1.72 bits per heavy atom. The molecule has 0 radical (unpaired) electrons. The van der Waals surface area contributed by atoms with Crippen molar-refractivity contribution in [2.24, 2.45) is 8.88 Å². The van der Waals surface area contributed by atoms with Crippen molar-refractivity contribution in [1.29, 1.82) is 0 Å². The van der Waals surface area contributed by atoms with E-state index in [1.807, 2.05) is 39.5 Å². The van der Waals surface area contributed by atoms with Crippen LogP contribution in [0.15, 0.2) is 63.8 Å². The highest BCUT2D eigenvalue weighted by molar-refractivity contribution is 14.2. The first kappa shape index (κ1) is 25.1. The van der Waals surface area contributed by atoms with Crippen molar-refractivity contribution in [3.63, 3.8) is 0 Å². The van der Waals surface area contributed by atoms with Gasteiger partial charge in [0.25, 0.3) is 0 Å². The number of rotatable bonds is 9. The number of nitrogens with two attached hydrogens (primary N) is 1. The molecule has 1 saturated heterocycles. The SMILES string of the molecule is COC[C@H]1O[C@@H](N2I=Nc3c(NCC(c4ccccc4)c4ccccc4)nc(CN)nc32)[C@H](O)[C@@H]1O. The number of benzene rings is 2. The standard InChI is InChI=1S/C25H29IN6O4/c1-35-14-18-21(33)22(34)25(36-18)32-24-20(31-26-32)23(29-19(12-27)30-24)28-13-17(15-8-4-2-5-9-15)16-10-6-3-7-11-16/h2-11,17-18,21-22,25,33-34H,12-14,27H2,1H3,(H,28,29,30)/t18-,21-,22-,25-/m1/s1. The van der Waals surface area contributed by atoms with Gasteiger partial charge in [-0.2, -0.15) is 3.15 Å². The van der Waals surface area contributed by atoms with E-state index in [-0.39, 0.29) is 19.1 Å². The van der Waals surface area contributed by atoms with E-state index in [0.29, 0.717) is 29.7 Å². The maximum atomic E-state index is 10.7. The zero-order valence-electron chi connectivity index (χ0n) is 19.7. The van der Waals surface area contributed by atoms with Gasteiger partial charge in [-0.25, -0.2) is 9.97 Å². The van der Waals surface area contributed by atoms with Crippen LogP contribution in [0.2, 0.25) is 0 Å². The van der Waals surface area contributed by atoms with Crippen LogP contribution in [0.25, 0.3) is 0 Å². The number of methoxy groups -OCH3 is 1. The Labute approximate surface area is 220 Å². The Bertz CT molecular complexity index is 1160. The Balaban J connectivity index is 1.43. The minimum Gasteiger partial charge on any atom is -0.387 e. The molecule has 2 aromatic carbocycles. The third-order valence-corrected chi connectivity index (χ3v) is 8.44. The topological polar surface area (TPSA) is 138 Å². The molecule has 0 bridgehead atoms. The third kappa shape index (κ3) is 4.99. The molecular weight excluding hydrogens is 575 g/mol. The normalized spacial score (nSPS) is 23.1. The second-order valence-corrected chi connectivity index (χ2v) is 10.5. The molecule has 3 heterocycles. The lowest BCUT2D eigenvalue weighted by Crippen LogP contribution is -2.39.